The molecule has 8 nitrogen and oxygen atoms in total. The van der Waals surface area contributed by atoms with E-state index in [2.05, 4.69) is 15.3 Å². The SMILES string of the molecule is CCOC(=O)c1sc(NC(=O)CSc2nc(C)cc(C)n2)c(C(=O)OCC)c1C. The summed E-state index contributed by atoms with van der Waals surface area (Å²) < 4.78 is 10.1. The van der Waals surface area contributed by atoms with Gasteiger partial charge in [0.25, 0.3) is 0 Å². The molecule has 0 fully saturated rings. The van der Waals surface area contributed by atoms with E-state index in [9.17, 15) is 14.4 Å². The van der Waals surface area contributed by atoms with E-state index in [-0.39, 0.29) is 40.3 Å². The Morgan fingerprint density at radius 3 is 2.21 bits per heavy atom. The van der Waals surface area contributed by atoms with Crippen LogP contribution >= 0.6 is 23.1 Å². The van der Waals surface area contributed by atoms with Crippen LogP contribution in [0.3, 0.4) is 0 Å². The zero-order valence-corrected chi connectivity index (χ0v) is 18.6. The maximum Gasteiger partial charge on any atom is 0.348 e. The van der Waals surface area contributed by atoms with E-state index in [1.165, 1.54) is 11.8 Å². The molecule has 29 heavy (non-hydrogen) atoms. The summed E-state index contributed by atoms with van der Waals surface area (Å²) in [6.07, 6.45) is 0. The first-order valence-electron chi connectivity index (χ1n) is 8.99. The molecular weight excluding hydrogens is 414 g/mol. The number of ether oxygens (including phenoxy) is 2. The molecule has 1 N–H and O–H groups in total. The van der Waals surface area contributed by atoms with E-state index in [0.29, 0.717) is 10.7 Å². The number of hydrogen-bond donors (Lipinski definition) is 1. The fraction of sp³-hybridized carbons (Fsp3) is 0.421. The minimum atomic E-state index is -0.600. The van der Waals surface area contributed by atoms with Crippen LogP contribution in [0.15, 0.2) is 11.2 Å². The van der Waals surface area contributed by atoms with Gasteiger partial charge < -0.3 is 14.8 Å². The highest BCUT2D eigenvalue weighted by molar-refractivity contribution is 7.99. The molecule has 0 bridgehead atoms. The normalized spacial score (nSPS) is 10.5. The number of thiophene rings is 1. The number of amides is 1. The van der Waals surface area contributed by atoms with Gasteiger partial charge in [0.1, 0.15) is 9.88 Å². The molecule has 0 radical (unpaired) electrons. The molecule has 2 heterocycles. The second-order valence-electron chi connectivity index (χ2n) is 5.97. The lowest BCUT2D eigenvalue weighted by Crippen LogP contribution is -2.16. The molecule has 0 saturated heterocycles. The highest BCUT2D eigenvalue weighted by Crippen LogP contribution is 2.34. The number of aromatic nitrogens is 2. The maximum absolute atomic E-state index is 12.5. The van der Waals surface area contributed by atoms with Crippen molar-refractivity contribution >= 4 is 45.9 Å². The Balaban J connectivity index is 2.20. The molecule has 156 valence electrons. The van der Waals surface area contributed by atoms with E-state index in [1.807, 2.05) is 19.9 Å². The Bertz CT molecular complexity index is 907. The highest BCUT2D eigenvalue weighted by Gasteiger charge is 2.27. The average molecular weight is 438 g/mol. The van der Waals surface area contributed by atoms with E-state index in [4.69, 9.17) is 9.47 Å². The number of rotatable bonds is 8. The van der Waals surface area contributed by atoms with Gasteiger partial charge in [-0.1, -0.05) is 11.8 Å². The van der Waals surface area contributed by atoms with E-state index >= 15 is 0 Å². The van der Waals surface area contributed by atoms with Gasteiger partial charge in [-0.05, 0) is 46.2 Å². The van der Waals surface area contributed by atoms with E-state index < -0.39 is 11.9 Å². The molecule has 0 aliphatic heterocycles. The molecule has 0 aliphatic rings. The van der Waals surface area contributed by atoms with Gasteiger partial charge in [-0.2, -0.15) is 0 Å². The lowest BCUT2D eigenvalue weighted by molar-refractivity contribution is -0.113. The summed E-state index contributed by atoms with van der Waals surface area (Å²) in [5, 5.41) is 3.46. The molecule has 0 aromatic carbocycles. The Morgan fingerprint density at radius 1 is 1.03 bits per heavy atom. The first-order chi connectivity index (χ1) is 13.8. The minimum absolute atomic E-state index is 0.0524. The van der Waals surface area contributed by atoms with Crippen molar-refractivity contribution in [1.82, 2.24) is 9.97 Å². The van der Waals surface area contributed by atoms with Crippen molar-refractivity contribution in [2.45, 2.75) is 39.8 Å². The van der Waals surface area contributed by atoms with Crippen LogP contribution in [0.5, 0.6) is 0 Å². The Kier molecular flexibility index (Phi) is 8.15. The van der Waals surface area contributed by atoms with Gasteiger partial charge in [-0.25, -0.2) is 19.6 Å². The average Bonchev–Trinajstić information content (AvgIpc) is 2.95. The molecular formula is C19H23N3O5S2. The Hall–Kier alpha value is -2.46. The first kappa shape index (κ1) is 22.8. The molecule has 2 aromatic heterocycles. The number of carbonyl (C=O) groups is 3. The van der Waals surface area contributed by atoms with Crippen molar-refractivity contribution in [3.05, 3.63) is 33.5 Å². The van der Waals surface area contributed by atoms with Gasteiger partial charge in [0.2, 0.25) is 5.91 Å². The summed E-state index contributed by atoms with van der Waals surface area (Å²) in [5.74, 6) is -1.44. The molecule has 0 atom stereocenters. The van der Waals surface area contributed by atoms with Gasteiger partial charge in [-0.3, -0.25) is 4.79 Å². The van der Waals surface area contributed by atoms with Gasteiger partial charge in [0.05, 0.1) is 24.5 Å². The van der Waals surface area contributed by atoms with E-state index in [1.54, 1.807) is 20.8 Å². The molecule has 0 unspecified atom stereocenters. The predicted octanol–water partition coefficient (Wildman–Crippen LogP) is 3.55. The third kappa shape index (κ3) is 6.01. The quantitative estimate of drug-likeness (QED) is 0.380. The molecule has 10 heteroatoms. The largest absolute Gasteiger partial charge is 0.462 e. The molecule has 2 rings (SSSR count). The third-order valence-corrected chi connectivity index (χ3v) is 5.67. The van der Waals surface area contributed by atoms with Crippen LogP contribution in [0.4, 0.5) is 5.00 Å². The number of thioether (sulfide) groups is 1. The summed E-state index contributed by atoms with van der Waals surface area (Å²) in [6, 6.07) is 1.85. The summed E-state index contributed by atoms with van der Waals surface area (Å²) in [4.78, 5) is 45.8. The molecule has 0 aliphatic carbocycles. The van der Waals surface area contributed by atoms with Crippen LogP contribution in [0.25, 0.3) is 0 Å². The summed E-state index contributed by atoms with van der Waals surface area (Å²) >= 11 is 2.18. The zero-order chi connectivity index (χ0) is 21.6. The number of nitrogens with one attached hydrogen (secondary N) is 1. The summed E-state index contributed by atoms with van der Waals surface area (Å²) in [6.45, 7) is 9.11. The minimum Gasteiger partial charge on any atom is -0.462 e. The molecule has 2 aromatic rings. The van der Waals surface area contributed by atoms with Crippen molar-refractivity contribution in [2.75, 3.05) is 24.3 Å². The van der Waals surface area contributed by atoms with Crippen molar-refractivity contribution < 1.29 is 23.9 Å². The van der Waals surface area contributed by atoms with Crippen LogP contribution in [0, 0.1) is 20.8 Å². The number of aryl methyl sites for hydroxylation is 2. The lowest BCUT2D eigenvalue weighted by Gasteiger charge is -2.07. The van der Waals surface area contributed by atoms with Gasteiger partial charge in [0.15, 0.2) is 5.16 Å². The number of nitrogens with zero attached hydrogens (tertiary/aromatic N) is 2. The fourth-order valence-electron chi connectivity index (χ4n) is 2.49. The van der Waals surface area contributed by atoms with Crippen molar-refractivity contribution in [3.63, 3.8) is 0 Å². The fourth-order valence-corrected chi connectivity index (χ4v) is 4.35. The van der Waals surface area contributed by atoms with Crippen molar-refractivity contribution in [1.29, 1.82) is 0 Å². The molecule has 0 spiro atoms. The lowest BCUT2D eigenvalue weighted by atomic mass is 10.1. The third-order valence-electron chi connectivity index (χ3n) is 3.63. The van der Waals surface area contributed by atoms with Gasteiger partial charge in [-0.15, -0.1) is 11.3 Å². The van der Waals surface area contributed by atoms with Gasteiger partial charge >= 0.3 is 11.9 Å². The maximum atomic E-state index is 12.5. The van der Waals surface area contributed by atoms with Crippen LogP contribution in [0.2, 0.25) is 0 Å². The number of esters is 2. The second kappa shape index (κ2) is 10.4. The van der Waals surface area contributed by atoms with Crippen LogP contribution in [-0.4, -0.2) is 46.8 Å². The van der Waals surface area contributed by atoms with Crippen LogP contribution in [-0.2, 0) is 14.3 Å². The van der Waals surface area contributed by atoms with Crippen LogP contribution in [0.1, 0.15) is 50.8 Å². The standard InChI is InChI=1S/C19H23N3O5S2/c1-6-26-17(24)14-12(5)15(18(25)27-7-2)29-16(14)22-13(23)9-28-19-20-10(3)8-11(4)21-19/h8H,6-7,9H2,1-5H3,(H,22,23). The topological polar surface area (TPSA) is 107 Å². The van der Waals surface area contributed by atoms with Crippen LogP contribution < -0.4 is 5.32 Å². The van der Waals surface area contributed by atoms with E-state index in [0.717, 1.165) is 22.7 Å². The monoisotopic (exact) mass is 437 g/mol. The van der Waals surface area contributed by atoms with Gasteiger partial charge in [0, 0.05) is 11.4 Å². The number of carbonyl (C=O) groups excluding carboxylic acids is 3. The Labute approximate surface area is 177 Å². The molecule has 1 amide bonds. The highest BCUT2D eigenvalue weighted by atomic mass is 32.2. The first-order valence-corrected chi connectivity index (χ1v) is 10.8. The molecule has 0 saturated carbocycles. The number of hydrogen-bond acceptors (Lipinski definition) is 9. The summed E-state index contributed by atoms with van der Waals surface area (Å²) in [7, 11) is 0. The number of anilines is 1. The predicted molar refractivity (Wildman–Crippen MR) is 112 cm³/mol. The zero-order valence-electron chi connectivity index (χ0n) is 17.0. The van der Waals surface area contributed by atoms with Crippen molar-refractivity contribution in [2.24, 2.45) is 0 Å². The second-order valence-corrected chi connectivity index (χ2v) is 7.93. The van der Waals surface area contributed by atoms with Crippen molar-refractivity contribution in [3.8, 4) is 0 Å². The smallest absolute Gasteiger partial charge is 0.348 e. The summed E-state index contributed by atoms with van der Waals surface area (Å²) in [5.41, 5.74) is 2.23. The Morgan fingerprint density at radius 2 is 1.62 bits per heavy atom.